The van der Waals surface area contributed by atoms with Crippen LogP contribution < -0.4 is 15.7 Å². The lowest BCUT2D eigenvalue weighted by atomic mass is 10.0. The minimum Gasteiger partial charge on any atom is -0.484 e. The van der Waals surface area contributed by atoms with Gasteiger partial charge in [0, 0.05) is 23.2 Å². The van der Waals surface area contributed by atoms with E-state index in [1.807, 2.05) is 24.3 Å². The summed E-state index contributed by atoms with van der Waals surface area (Å²) in [6, 6.07) is 15.9. The van der Waals surface area contributed by atoms with E-state index in [9.17, 15) is 9.59 Å². The number of carbonyl (C=O) groups is 1. The number of hydrogen-bond acceptors (Lipinski definition) is 4. The van der Waals surface area contributed by atoms with Crippen molar-refractivity contribution in [3.63, 3.8) is 0 Å². The third-order valence-electron chi connectivity index (χ3n) is 3.82. The number of hydrogen-bond donors (Lipinski definition) is 1. The molecule has 0 aliphatic carbocycles. The van der Waals surface area contributed by atoms with Gasteiger partial charge in [0.2, 0.25) is 0 Å². The van der Waals surface area contributed by atoms with Gasteiger partial charge in [-0.15, -0.1) is 0 Å². The lowest BCUT2D eigenvalue weighted by Crippen LogP contribution is -2.21. The zero-order valence-corrected chi connectivity index (χ0v) is 14.1. The molecule has 0 saturated carbocycles. The van der Waals surface area contributed by atoms with Gasteiger partial charge in [-0.2, -0.15) is 0 Å². The lowest BCUT2D eigenvalue weighted by Gasteiger charge is -2.14. The predicted octanol–water partition coefficient (Wildman–Crippen LogP) is 3.93. The normalized spacial score (nSPS) is 10.8. The van der Waals surface area contributed by atoms with Crippen molar-refractivity contribution < 1.29 is 13.9 Å². The lowest BCUT2D eigenvalue weighted by molar-refractivity contribution is -0.118. The first-order chi connectivity index (χ1) is 12.0. The van der Waals surface area contributed by atoms with Gasteiger partial charge in [-0.05, 0) is 35.7 Å². The van der Waals surface area contributed by atoms with Crippen LogP contribution in [0.3, 0.4) is 0 Å². The predicted molar refractivity (Wildman–Crippen MR) is 97.1 cm³/mol. The van der Waals surface area contributed by atoms with Crippen LogP contribution in [0, 0.1) is 0 Å². The zero-order valence-electron chi connectivity index (χ0n) is 14.1. The van der Waals surface area contributed by atoms with E-state index in [4.69, 9.17) is 9.15 Å². The molecule has 0 aliphatic heterocycles. The van der Waals surface area contributed by atoms with E-state index in [0.717, 1.165) is 16.6 Å². The highest BCUT2D eigenvalue weighted by Crippen LogP contribution is 2.24. The molecule has 3 rings (SSSR count). The summed E-state index contributed by atoms with van der Waals surface area (Å²) >= 11 is 0. The Morgan fingerprint density at radius 2 is 1.88 bits per heavy atom. The number of benzene rings is 2. The number of para-hydroxylation sites is 1. The highest BCUT2D eigenvalue weighted by Gasteiger charge is 2.10. The number of amides is 1. The van der Waals surface area contributed by atoms with E-state index < -0.39 is 5.63 Å². The van der Waals surface area contributed by atoms with Gasteiger partial charge in [0.1, 0.15) is 11.3 Å². The van der Waals surface area contributed by atoms with Gasteiger partial charge < -0.3 is 14.5 Å². The molecule has 128 valence electrons. The Morgan fingerprint density at radius 3 is 2.68 bits per heavy atom. The van der Waals surface area contributed by atoms with Crippen LogP contribution in [0.4, 0.5) is 5.69 Å². The maximum atomic E-state index is 12.2. The number of rotatable bonds is 5. The van der Waals surface area contributed by atoms with Crippen LogP contribution >= 0.6 is 0 Å². The molecule has 1 N–H and O–H groups in total. The van der Waals surface area contributed by atoms with Crippen LogP contribution in [0.15, 0.2) is 63.8 Å². The first-order valence-electron chi connectivity index (χ1n) is 8.08. The van der Waals surface area contributed by atoms with Gasteiger partial charge in [0.25, 0.3) is 5.91 Å². The summed E-state index contributed by atoms with van der Waals surface area (Å²) in [5.74, 6) is 0.526. The summed E-state index contributed by atoms with van der Waals surface area (Å²) in [5.41, 5.74) is 1.86. The summed E-state index contributed by atoms with van der Waals surface area (Å²) in [4.78, 5) is 23.4. The molecule has 2 aromatic carbocycles. The third kappa shape index (κ3) is 4.07. The molecule has 5 heteroatoms. The molecule has 1 aromatic heterocycles. The van der Waals surface area contributed by atoms with Gasteiger partial charge in [0.15, 0.2) is 6.61 Å². The molecule has 0 spiro atoms. The summed E-state index contributed by atoms with van der Waals surface area (Å²) < 4.78 is 10.6. The second kappa shape index (κ2) is 7.21. The second-order valence-electron chi connectivity index (χ2n) is 6.03. The number of ether oxygens (including phenoxy) is 1. The summed E-state index contributed by atoms with van der Waals surface area (Å²) in [7, 11) is 0. The van der Waals surface area contributed by atoms with Crippen molar-refractivity contribution in [1.82, 2.24) is 0 Å². The zero-order chi connectivity index (χ0) is 17.8. The van der Waals surface area contributed by atoms with Gasteiger partial charge in [0.05, 0.1) is 0 Å². The Balaban J connectivity index is 1.67. The molecule has 0 unspecified atom stereocenters. The largest absolute Gasteiger partial charge is 0.484 e. The Kier molecular flexibility index (Phi) is 4.84. The molecule has 0 aliphatic rings. The number of nitrogens with one attached hydrogen (secondary N) is 1. The second-order valence-corrected chi connectivity index (χ2v) is 6.03. The van der Waals surface area contributed by atoms with Crippen LogP contribution in [0.5, 0.6) is 5.75 Å². The van der Waals surface area contributed by atoms with E-state index in [2.05, 4.69) is 19.2 Å². The highest BCUT2D eigenvalue weighted by atomic mass is 16.5. The van der Waals surface area contributed by atoms with Crippen molar-refractivity contribution in [2.45, 2.75) is 19.8 Å². The first kappa shape index (κ1) is 16.8. The van der Waals surface area contributed by atoms with Crippen LogP contribution in [0.25, 0.3) is 11.0 Å². The van der Waals surface area contributed by atoms with Gasteiger partial charge in [-0.3, -0.25) is 4.79 Å². The molecule has 3 aromatic rings. The van der Waals surface area contributed by atoms with Crippen molar-refractivity contribution in [3.05, 3.63) is 70.6 Å². The van der Waals surface area contributed by atoms with Crippen LogP contribution in [-0.4, -0.2) is 12.5 Å². The van der Waals surface area contributed by atoms with Gasteiger partial charge in [-0.25, -0.2) is 4.79 Å². The average molecular weight is 337 g/mol. The monoisotopic (exact) mass is 337 g/mol. The minimum absolute atomic E-state index is 0.130. The standard InChI is InChI=1S/C20H19NO4/c1-13(2)16-5-3-4-6-17(16)21-19(22)12-24-15-9-7-14-8-10-20(23)25-18(14)11-15/h3-11,13H,12H2,1-2H3,(H,21,22). The first-order valence-corrected chi connectivity index (χ1v) is 8.08. The van der Waals surface area contributed by atoms with Crippen LogP contribution in [0.2, 0.25) is 0 Å². The van der Waals surface area contributed by atoms with Crippen molar-refractivity contribution in [1.29, 1.82) is 0 Å². The Hall–Kier alpha value is -3.08. The Bertz CT molecular complexity index is 959. The van der Waals surface area contributed by atoms with E-state index in [1.54, 1.807) is 24.3 Å². The SMILES string of the molecule is CC(C)c1ccccc1NC(=O)COc1ccc2ccc(=O)oc2c1. The average Bonchev–Trinajstić information content (AvgIpc) is 2.60. The summed E-state index contributed by atoms with van der Waals surface area (Å²) in [6.07, 6.45) is 0. The van der Waals surface area contributed by atoms with Crippen molar-refractivity contribution in [2.75, 3.05) is 11.9 Å². The van der Waals surface area contributed by atoms with E-state index in [1.165, 1.54) is 6.07 Å². The number of anilines is 1. The van der Waals surface area contributed by atoms with Gasteiger partial charge in [-0.1, -0.05) is 32.0 Å². The third-order valence-corrected chi connectivity index (χ3v) is 3.82. The van der Waals surface area contributed by atoms with Gasteiger partial charge >= 0.3 is 5.63 Å². The molecule has 1 heterocycles. The molecule has 1 amide bonds. The highest BCUT2D eigenvalue weighted by molar-refractivity contribution is 5.92. The maximum absolute atomic E-state index is 12.2. The molecule has 0 bridgehead atoms. The molecular formula is C20H19NO4. The van der Waals surface area contributed by atoms with Crippen LogP contribution in [-0.2, 0) is 4.79 Å². The van der Waals surface area contributed by atoms with E-state index >= 15 is 0 Å². The van der Waals surface area contributed by atoms with Crippen molar-refractivity contribution in [3.8, 4) is 5.75 Å². The summed E-state index contributed by atoms with van der Waals surface area (Å²) in [6.45, 7) is 4.02. The number of fused-ring (bicyclic) bond motifs is 1. The fourth-order valence-electron chi connectivity index (χ4n) is 2.58. The molecule has 0 radical (unpaired) electrons. The Morgan fingerprint density at radius 1 is 1.12 bits per heavy atom. The molecule has 0 fully saturated rings. The van der Waals surface area contributed by atoms with Crippen molar-refractivity contribution >= 4 is 22.6 Å². The topological polar surface area (TPSA) is 68.5 Å². The van der Waals surface area contributed by atoms with E-state index in [-0.39, 0.29) is 12.5 Å². The maximum Gasteiger partial charge on any atom is 0.336 e. The molecule has 5 nitrogen and oxygen atoms in total. The molecule has 0 saturated heterocycles. The molecule has 0 atom stereocenters. The smallest absolute Gasteiger partial charge is 0.336 e. The van der Waals surface area contributed by atoms with E-state index in [0.29, 0.717) is 17.3 Å². The quantitative estimate of drug-likeness (QED) is 0.716. The molecule has 25 heavy (non-hydrogen) atoms. The van der Waals surface area contributed by atoms with Crippen molar-refractivity contribution in [2.24, 2.45) is 0 Å². The summed E-state index contributed by atoms with van der Waals surface area (Å²) in [5, 5.41) is 3.66. The fraction of sp³-hybridized carbons (Fsp3) is 0.200. The fourth-order valence-corrected chi connectivity index (χ4v) is 2.58. The number of carbonyl (C=O) groups excluding carboxylic acids is 1. The Labute approximate surface area is 145 Å². The van der Waals surface area contributed by atoms with Crippen LogP contribution in [0.1, 0.15) is 25.3 Å². The molecular weight excluding hydrogens is 318 g/mol. The minimum atomic E-state index is -0.423.